The lowest BCUT2D eigenvalue weighted by molar-refractivity contribution is -0.138. The van der Waals surface area contributed by atoms with Gasteiger partial charge in [-0.1, -0.05) is 13.0 Å². The molecule has 0 heterocycles. The summed E-state index contributed by atoms with van der Waals surface area (Å²) >= 11 is 0. The van der Waals surface area contributed by atoms with Crippen LogP contribution in [0.5, 0.6) is 0 Å². The zero-order valence-electron chi connectivity index (χ0n) is 9.46. The number of benzene rings is 1. The lowest BCUT2D eigenvalue weighted by Crippen LogP contribution is -2.16. The summed E-state index contributed by atoms with van der Waals surface area (Å²) in [6.07, 6.45) is 0.498. The molecular formula is C12H16FNO2. The van der Waals surface area contributed by atoms with Gasteiger partial charge in [0.05, 0.1) is 5.92 Å². The molecule has 0 spiro atoms. The number of hydrogen-bond acceptors (Lipinski definition) is 2. The number of nitrogens with one attached hydrogen (secondary N) is 1. The lowest BCUT2D eigenvalue weighted by Gasteiger charge is -2.15. The number of carboxylic acid groups (broad SMARTS) is 1. The number of aliphatic carboxylic acids is 1. The van der Waals surface area contributed by atoms with Crippen molar-refractivity contribution in [3.05, 3.63) is 35.1 Å². The van der Waals surface area contributed by atoms with Crippen LogP contribution < -0.4 is 5.32 Å². The van der Waals surface area contributed by atoms with Crippen molar-refractivity contribution < 1.29 is 14.3 Å². The second kappa shape index (κ2) is 5.61. The van der Waals surface area contributed by atoms with Crippen LogP contribution in [0.15, 0.2) is 18.2 Å². The fraction of sp³-hybridized carbons (Fsp3) is 0.417. The van der Waals surface area contributed by atoms with Crippen LogP contribution in [0.1, 0.15) is 30.4 Å². The highest BCUT2D eigenvalue weighted by Crippen LogP contribution is 2.24. The maximum absolute atomic E-state index is 13.1. The minimum absolute atomic E-state index is 0.339. The first kappa shape index (κ1) is 12.6. The number of carbonyl (C=O) groups is 1. The van der Waals surface area contributed by atoms with E-state index in [4.69, 9.17) is 5.11 Å². The molecule has 0 fully saturated rings. The molecule has 1 rings (SSSR count). The lowest BCUT2D eigenvalue weighted by atomic mass is 9.92. The fourth-order valence-corrected chi connectivity index (χ4v) is 1.79. The zero-order valence-corrected chi connectivity index (χ0v) is 9.46. The molecule has 1 unspecified atom stereocenters. The third-order valence-electron chi connectivity index (χ3n) is 2.55. The molecule has 1 aromatic rings. The summed E-state index contributed by atoms with van der Waals surface area (Å²) in [5.41, 5.74) is 1.39. The molecule has 88 valence electrons. The quantitative estimate of drug-likeness (QED) is 0.807. The summed E-state index contributed by atoms with van der Waals surface area (Å²) in [5, 5.41) is 12.0. The Labute approximate surface area is 94.3 Å². The van der Waals surface area contributed by atoms with Gasteiger partial charge in [0, 0.05) is 6.54 Å². The molecule has 0 aliphatic heterocycles. The first-order chi connectivity index (χ1) is 7.60. The molecule has 1 atom stereocenters. The minimum atomic E-state index is -0.869. The van der Waals surface area contributed by atoms with E-state index >= 15 is 0 Å². The SMILES string of the molecule is CCC(C(=O)O)c1ccc(F)cc1CNC. The van der Waals surface area contributed by atoms with Crippen LogP contribution >= 0.6 is 0 Å². The van der Waals surface area contributed by atoms with E-state index in [9.17, 15) is 9.18 Å². The Morgan fingerprint density at radius 1 is 1.56 bits per heavy atom. The molecule has 3 nitrogen and oxygen atoms in total. The summed E-state index contributed by atoms with van der Waals surface area (Å²) < 4.78 is 13.1. The minimum Gasteiger partial charge on any atom is -0.481 e. The number of halogens is 1. The summed E-state index contributed by atoms with van der Waals surface area (Å²) in [7, 11) is 1.75. The smallest absolute Gasteiger partial charge is 0.310 e. The first-order valence-electron chi connectivity index (χ1n) is 5.25. The van der Waals surface area contributed by atoms with Crippen LogP contribution in [0.2, 0.25) is 0 Å². The van der Waals surface area contributed by atoms with Gasteiger partial charge in [0.25, 0.3) is 0 Å². The molecule has 0 aromatic heterocycles. The topological polar surface area (TPSA) is 49.3 Å². The van der Waals surface area contributed by atoms with Crippen LogP contribution in [0, 0.1) is 5.82 Å². The van der Waals surface area contributed by atoms with Crippen LogP contribution in [0.3, 0.4) is 0 Å². The molecule has 0 aliphatic carbocycles. The number of carboxylic acids is 1. The Morgan fingerprint density at radius 3 is 2.75 bits per heavy atom. The molecule has 0 bridgehead atoms. The van der Waals surface area contributed by atoms with E-state index in [1.54, 1.807) is 13.1 Å². The van der Waals surface area contributed by atoms with Gasteiger partial charge < -0.3 is 10.4 Å². The third-order valence-corrected chi connectivity index (χ3v) is 2.55. The van der Waals surface area contributed by atoms with Gasteiger partial charge in [-0.25, -0.2) is 4.39 Å². The summed E-state index contributed by atoms with van der Waals surface area (Å²) in [4.78, 5) is 11.1. The van der Waals surface area contributed by atoms with E-state index in [-0.39, 0.29) is 5.82 Å². The Kier molecular flexibility index (Phi) is 4.43. The average Bonchev–Trinajstić information content (AvgIpc) is 2.22. The predicted octanol–water partition coefficient (Wildman–Crippen LogP) is 2.12. The second-order valence-electron chi connectivity index (χ2n) is 3.67. The largest absolute Gasteiger partial charge is 0.481 e. The van der Waals surface area contributed by atoms with Crippen LogP contribution in [-0.4, -0.2) is 18.1 Å². The van der Waals surface area contributed by atoms with Gasteiger partial charge in [-0.15, -0.1) is 0 Å². The molecule has 0 saturated carbocycles. The second-order valence-corrected chi connectivity index (χ2v) is 3.67. The molecule has 2 N–H and O–H groups in total. The Balaban J connectivity index is 3.14. The van der Waals surface area contributed by atoms with Crippen molar-refractivity contribution in [2.45, 2.75) is 25.8 Å². The maximum atomic E-state index is 13.1. The average molecular weight is 225 g/mol. The highest BCUT2D eigenvalue weighted by molar-refractivity contribution is 5.76. The van der Waals surface area contributed by atoms with Gasteiger partial charge in [0.2, 0.25) is 0 Å². The van der Waals surface area contributed by atoms with E-state index in [1.165, 1.54) is 12.1 Å². The van der Waals surface area contributed by atoms with E-state index in [1.807, 2.05) is 6.92 Å². The van der Waals surface area contributed by atoms with Crippen molar-refractivity contribution in [3.63, 3.8) is 0 Å². The van der Waals surface area contributed by atoms with E-state index in [2.05, 4.69) is 5.32 Å². The third kappa shape index (κ3) is 2.79. The highest BCUT2D eigenvalue weighted by Gasteiger charge is 2.20. The summed E-state index contributed by atoms with van der Waals surface area (Å²) in [6, 6.07) is 4.25. The van der Waals surface area contributed by atoms with Gasteiger partial charge in [0.1, 0.15) is 5.82 Å². The Morgan fingerprint density at radius 2 is 2.25 bits per heavy atom. The zero-order chi connectivity index (χ0) is 12.1. The number of rotatable bonds is 5. The van der Waals surface area contributed by atoms with Crippen LogP contribution in [0.4, 0.5) is 4.39 Å². The van der Waals surface area contributed by atoms with Crippen molar-refractivity contribution >= 4 is 5.97 Å². The van der Waals surface area contributed by atoms with Gasteiger partial charge in [0.15, 0.2) is 0 Å². The fourth-order valence-electron chi connectivity index (χ4n) is 1.79. The van der Waals surface area contributed by atoms with E-state index in [0.29, 0.717) is 24.1 Å². The van der Waals surface area contributed by atoms with Crippen LogP contribution in [-0.2, 0) is 11.3 Å². The van der Waals surface area contributed by atoms with E-state index in [0.717, 1.165) is 0 Å². The number of hydrogen-bond donors (Lipinski definition) is 2. The molecule has 0 aliphatic rings. The van der Waals surface area contributed by atoms with Crippen molar-refractivity contribution in [1.82, 2.24) is 5.32 Å². The molecule has 0 radical (unpaired) electrons. The van der Waals surface area contributed by atoms with Crippen LogP contribution in [0.25, 0.3) is 0 Å². The predicted molar refractivity (Wildman–Crippen MR) is 59.8 cm³/mol. The van der Waals surface area contributed by atoms with E-state index < -0.39 is 11.9 Å². The molecule has 0 saturated heterocycles. The highest BCUT2D eigenvalue weighted by atomic mass is 19.1. The van der Waals surface area contributed by atoms with Gasteiger partial charge in [-0.05, 0) is 36.7 Å². The van der Waals surface area contributed by atoms with Gasteiger partial charge in [-0.3, -0.25) is 4.79 Å². The first-order valence-corrected chi connectivity index (χ1v) is 5.25. The van der Waals surface area contributed by atoms with Gasteiger partial charge >= 0.3 is 5.97 Å². The van der Waals surface area contributed by atoms with Crippen molar-refractivity contribution in [2.75, 3.05) is 7.05 Å². The molecular weight excluding hydrogens is 209 g/mol. The van der Waals surface area contributed by atoms with Crippen molar-refractivity contribution in [2.24, 2.45) is 0 Å². The molecule has 4 heteroatoms. The standard InChI is InChI=1S/C12H16FNO2/c1-3-10(12(15)16)11-5-4-9(13)6-8(11)7-14-2/h4-6,10,14H,3,7H2,1-2H3,(H,15,16). The summed E-state index contributed by atoms with van der Waals surface area (Å²) in [6.45, 7) is 2.28. The maximum Gasteiger partial charge on any atom is 0.310 e. The molecule has 1 aromatic carbocycles. The normalized spacial score (nSPS) is 12.4. The van der Waals surface area contributed by atoms with Crippen molar-refractivity contribution in [3.8, 4) is 0 Å². The van der Waals surface area contributed by atoms with Gasteiger partial charge in [-0.2, -0.15) is 0 Å². The summed E-state index contributed by atoms with van der Waals surface area (Å²) in [5.74, 6) is -1.77. The van der Waals surface area contributed by atoms with Crippen molar-refractivity contribution in [1.29, 1.82) is 0 Å². The Bertz CT molecular complexity index is 379. The molecule has 0 amide bonds. The Hall–Kier alpha value is -1.42. The molecule has 16 heavy (non-hydrogen) atoms. The monoisotopic (exact) mass is 225 g/mol.